The van der Waals surface area contributed by atoms with Crippen LogP contribution in [-0.4, -0.2) is 20.9 Å². The number of ether oxygens (including phenoxy) is 1. The van der Waals surface area contributed by atoms with Gasteiger partial charge in [-0.25, -0.2) is 4.98 Å². The summed E-state index contributed by atoms with van der Waals surface area (Å²) in [5.74, 6) is 2.50. The smallest absolute Gasteiger partial charge is 0.221 e. The quantitative estimate of drug-likeness (QED) is 0.0584. The number of hydrogen-bond donors (Lipinski definition) is 1. The summed E-state index contributed by atoms with van der Waals surface area (Å²) in [7, 11) is 0. The fourth-order valence-corrected chi connectivity index (χ4v) is 6.35. The van der Waals surface area contributed by atoms with Gasteiger partial charge in [0.05, 0.1) is 5.76 Å². The zero-order valence-electron chi connectivity index (χ0n) is 33.3. The normalized spacial score (nSPS) is 12.8. The van der Waals surface area contributed by atoms with E-state index in [2.05, 4.69) is 69.4 Å². The standard InChI is InChI=1S/C29H31N2O2S.C15H28O2.Ir/c1-8-34-25-14-11-20(15-23(25)29(5,6)7)27-26-22-13-12-21(32-19(4)10-9-18(2)3)16-24(22)33-28(26)31-17-30-27;1-7-14(5,8-2)12(16)11-13(17)15(6,9-3)10-4;/h8,10,12-18H,1,9H2,2-7H3;11,16H,7-10H2,1-6H3;/q-1;;/b19-10+;12-11-;. The van der Waals surface area contributed by atoms with Gasteiger partial charge in [0.15, 0.2) is 5.78 Å². The molecule has 1 N–H and O–H groups in total. The third kappa shape index (κ3) is 10.9. The van der Waals surface area contributed by atoms with Crippen LogP contribution in [0.5, 0.6) is 5.75 Å². The predicted molar refractivity (Wildman–Crippen MR) is 215 cm³/mol. The molecule has 4 rings (SSSR count). The molecular formula is C44H59IrN2O4S-. The number of aromatic nitrogens is 2. The Bertz CT molecular complexity index is 1870. The molecular weight excluding hydrogens is 845 g/mol. The Balaban J connectivity index is 0.000000444. The second-order valence-electron chi connectivity index (χ2n) is 15.3. The van der Waals surface area contributed by atoms with E-state index in [4.69, 9.17) is 9.15 Å². The molecule has 0 fully saturated rings. The minimum Gasteiger partial charge on any atom is -0.512 e. The Hall–Kier alpha value is -3.19. The van der Waals surface area contributed by atoms with Crippen molar-refractivity contribution in [3.8, 4) is 17.0 Å². The number of thioether (sulfide) groups is 1. The molecule has 8 heteroatoms. The van der Waals surface area contributed by atoms with E-state index in [9.17, 15) is 9.90 Å². The summed E-state index contributed by atoms with van der Waals surface area (Å²) in [6.07, 6.45) is 9.40. The van der Waals surface area contributed by atoms with Crippen molar-refractivity contribution < 1.29 is 39.2 Å². The van der Waals surface area contributed by atoms with Gasteiger partial charge in [-0.2, -0.15) is 11.8 Å². The zero-order valence-corrected chi connectivity index (χ0v) is 36.5. The van der Waals surface area contributed by atoms with Crippen molar-refractivity contribution in [2.45, 2.75) is 125 Å². The number of carbonyl (C=O) groups excluding carboxylic acids is 1. The van der Waals surface area contributed by atoms with Crippen molar-refractivity contribution in [1.82, 2.24) is 9.97 Å². The molecule has 0 amide bonds. The fraction of sp³-hybridized carbons (Fsp3) is 0.477. The van der Waals surface area contributed by atoms with Crippen molar-refractivity contribution in [2.75, 3.05) is 0 Å². The molecule has 0 saturated carbocycles. The number of carbonyl (C=O) groups is 1. The van der Waals surface area contributed by atoms with Crippen LogP contribution in [0.1, 0.15) is 121 Å². The fourth-order valence-electron chi connectivity index (χ4n) is 5.56. The van der Waals surface area contributed by atoms with Crippen LogP contribution in [0.4, 0.5) is 0 Å². The van der Waals surface area contributed by atoms with Gasteiger partial charge < -0.3 is 14.3 Å². The topological polar surface area (TPSA) is 85.5 Å². The van der Waals surface area contributed by atoms with Gasteiger partial charge in [0, 0.05) is 59.5 Å². The van der Waals surface area contributed by atoms with E-state index in [-0.39, 0.29) is 47.9 Å². The van der Waals surface area contributed by atoms with Gasteiger partial charge in [0.1, 0.15) is 23.4 Å². The Morgan fingerprint density at radius 2 is 1.65 bits per heavy atom. The van der Waals surface area contributed by atoms with E-state index in [1.54, 1.807) is 18.1 Å². The molecule has 285 valence electrons. The van der Waals surface area contributed by atoms with Gasteiger partial charge in [-0.15, -0.1) is 29.3 Å². The molecule has 1 radical (unpaired) electrons. The molecule has 6 nitrogen and oxygen atoms in total. The molecule has 0 bridgehead atoms. The summed E-state index contributed by atoms with van der Waals surface area (Å²) in [5, 5.41) is 13.8. The molecule has 2 aromatic heterocycles. The minimum absolute atomic E-state index is 0. The molecule has 4 aromatic rings. The summed E-state index contributed by atoms with van der Waals surface area (Å²) >= 11 is 1.61. The first-order valence-electron chi connectivity index (χ1n) is 18.3. The van der Waals surface area contributed by atoms with Crippen molar-refractivity contribution in [1.29, 1.82) is 0 Å². The van der Waals surface area contributed by atoms with Crippen LogP contribution in [0.15, 0.2) is 81.6 Å². The predicted octanol–water partition coefficient (Wildman–Crippen LogP) is 13.4. The largest absolute Gasteiger partial charge is 0.512 e. The van der Waals surface area contributed by atoms with E-state index in [1.165, 1.54) is 11.6 Å². The van der Waals surface area contributed by atoms with Crippen molar-refractivity contribution >= 4 is 39.6 Å². The van der Waals surface area contributed by atoms with Crippen LogP contribution in [0.3, 0.4) is 0 Å². The summed E-state index contributed by atoms with van der Waals surface area (Å²) in [6, 6.07) is 13.5. The summed E-state index contributed by atoms with van der Waals surface area (Å²) < 4.78 is 12.1. The number of nitrogens with zero attached hydrogens (tertiary/aromatic N) is 2. The first-order chi connectivity index (χ1) is 24.0. The number of furan rings is 1. The SMILES string of the molecule is C=CSc1c[c-]c(-c2ncnc3oc4cc(O/C(C)=C/CC(C)C)ccc4c23)cc1C(C)(C)C.CCC(C)(CC)C(=O)/C=C(\O)C(C)(CC)CC.[Ir]. The number of rotatable bonds is 14. The summed E-state index contributed by atoms with van der Waals surface area (Å²) in [5.41, 5.74) is 3.60. The maximum Gasteiger partial charge on any atom is 0.221 e. The van der Waals surface area contributed by atoms with Gasteiger partial charge in [-0.05, 0) is 74.0 Å². The third-order valence-corrected chi connectivity index (χ3v) is 10.9. The van der Waals surface area contributed by atoms with Crippen LogP contribution in [0.2, 0.25) is 0 Å². The Morgan fingerprint density at radius 1 is 1.02 bits per heavy atom. The van der Waals surface area contributed by atoms with E-state index >= 15 is 0 Å². The number of ketones is 1. The number of fused-ring (bicyclic) bond motifs is 3. The maximum absolute atomic E-state index is 12.2. The van der Waals surface area contributed by atoms with E-state index < -0.39 is 0 Å². The van der Waals surface area contributed by atoms with Gasteiger partial charge in [0.2, 0.25) is 5.71 Å². The Morgan fingerprint density at radius 3 is 2.21 bits per heavy atom. The monoisotopic (exact) mass is 904 g/mol. The van der Waals surface area contributed by atoms with Crippen LogP contribution in [-0.2, 0) is 30.3 Å². The van der Waals surface area contributed by atoms with Gasteiger partial charge in [0.25, 0.3) is 0 Å². The maximum atomic E-state index is 12.2. The van der Waals surface area contributed by atoms with Crippen molar-refractivity contribution in [3.05, 3.63) is 83.9 Å². The molecule has 0 aliphatic carbocycles. The first kappa shape index (κ1) is 45.0. The Kier molecular flexibility index (Phi) is 16.6. The molecule has 2 aromatic carbocycles. The van der Waals surface area contributed by atoms with Gasteiger partial charge in [-0.1, -0.05) is 87.6 Å². The van der Waals surface area contributed by atoms with Gasteiger partial charge >= 0.3 is 0 Å². The van der Waals surface area contributed by atoms with Crippen LogP contribution >= 0.6 is 11.8 Å². The van der Waals surface area contributed by atoms with Crippen LogP contribution in [0, 0.1) is 22.8 Å². The van der Waals surface area contributed by atoms with Crippen LogP contribution < -0.4 is 4.74 Å². The number of allylic oxidation sites excluding steroid dienone is 4. The number of aliphatic hydroxyl groups excluding tert-OH is 1. The molecule has 0 saturated heterocycles. The van der Waals surface area contributed by atoms with E-state index in [1.807, 2.05) is 78.1 Å². The number of aliphatic hydroxyl groups is 1. The molecule has 2 heterocycles. The third-order valence-electron chi connectivity index (χ3n) is 10.2. The molecule has 0 unspecified atom stereocenters. The van der Waals surface area contributed by atoms with Crippen molar-refractivity contribution in [3.63, 3.8) is 0 Å². The minimum atomic E-state index is -0.337. The number of benzene rings is 2. The van der Waals surface area contributed by atoms with Gasteiger partial charge in [-0.3, -0.25) is 9.78 Å². The molecule has 0 aliphatic rings. The van der Waals surface area contributed by atoms with E-state index in [0.717, 1.165) is 76.1 Å². The average Bonchev–Trinajstić information content (AvgIpc) is 3.48. The second kappa shape index (κ2) is 19.2. The zero-order chi connectivity index (χ0) is 38.1. The Labute approximate surface area is 330 Å². The van der Waals surface area contributed by atoms with Crippen molar-refractivity contribution in [2.24, 2.45) is 16.7 Å². The van der Waals surface area contributed by atoms with E-state index in [0.29, 0.717) is 11.6 Å². The molecule has 0 aliphatic heterocycles. The first-order valence-corrected chi connectivity index (χ1v) is 19.2. The average molecular weight is 904 g/mol. The van der Waals surface area contributed by atoms with Crippen LogP contribution in [0.25, 0.3) is 33.3 Å². The molecule has 52 heavy (non-hydrogen) atoms. The molecule has 0 spiro atoms. The second-order valence-corrected chi connectivity index (χ2v) is 16.3. The molecule has 0 atom stereocenters. The summed E-state index contributed by atoms with van der Waals surface area (Å²) in [6.45, 7) is 28.9. The number of hydrogen-bond acceptors (Lipinski definition) is 7. The summed E-state index contributed by atoms with van der Waals surface area (Å²) in [4.78, 5) is 22.4.